The van der Waals surface area contributed by atoms with Crippen LogP contribution in [-0.4, -0.2) is 75.2 Å². The van der Waals surface area contributed by atoms with Gasteiger partial charge in [-0.25, -0.2) is 0 Å². The summed E-state index contributed by atoms with van der Waals surface area (Å²) in [5.74, 6) is 0. The molecule has 168 valence electrons. The maximum absolute atomic E-state index is 3.63. The highest BCUT2D eigenvalue weighted by atomic mass is 15.3. The van der Waals surface area contributed by atoms with Gasteiger partial charge in [-0.15, -0.1) is 0 Å². The molecule has 4 heteroatoms. The van der Waals surface area contributed by atoms with E-state index in [4.69, 9.17) is 0 Å². The zero-order valence-electron chi connectivity index (χ0n) is 19.5. The van der Waals surface area contributed by atoms with Crippen LogP contribution in [0.3, 0.4) is 0 Å². The molecule has 0 unspecified atom stereocenters. The minimum atomic E-state index is 1.19. The van der Waals surface area contributed by atoms with Crippen LogP contribution in [0.15, 0.2) is 0 Å². The van der Waals surface area contributed by atoms with E-state index in [-0.39, 0.29) is 0 Å². The van der Waals surface area contributed by atoms with Crippen molar-refractivity contribution in [2.75, 3.05) is 65.4 Å². The topological polar surface area (TPSA) is 30.5 Å². The van der Waals surface area contributed by atoms with Gasteiger partial charge in [-0.05, 0) is 65.0 Å². The van der Waals surface area contributed by atoms with E-state index in [9.17, 15) is 0 Å². The fourth-order valence-corrected chi connectivity index (χ4v) is 4.05. The summed E-state index contributed by atoms with van der Waals surface area (Å²) in [5, 5.41) is 7.25. The van der Waals surface area contributed by atoms with Crippen molar-refractivity contribution in [1.82, 2.24) is 20.4 Å². The molecule has 2 N–H and O–H groups in total. The van der Waals surface area contributed by atoms with Crippen LogP contribution in [0.25, 0.3) is 0 Å². The Morgan fingerprint density at radius 1 is 0.464 bits per heavy atom. The molecule has 0 amide bonds. The second-order valence-electron chi connectivity index (χ2n) is 8.72. The molecule has 1 fully saturated rings. The summed E-state index contributed by atoms with van der Waals surface area (Å²) < 4.78 is 0. The highest BCUT2D eigenvalue weighted by molar-refractivity contribution is 4.72. The van der Waals surface area contributed by atoms with Gasteiger partial charge in [-0.3, -0.25) is 0 Å². The molecular weight excluding hydrogens is 344 g/mol. The molecule has 0 radical (unpaired) electrons. The molecule has 0 aromatic carbocycles. The SMILES string of the molecule is CCCCCCCNCCCN1CCN(CCCNCCCCCCC)CC1. The van der Waals surface area contributed by atoms with Crippen molar-refractivity contribution in [3.8, 4) is 0 Å². The molecule has 0 bridgehead atoms. The van der Waals surface area contributed by atoms with Crippen LogP contribution in [0.1, 0.15) is 90.9 Å². The number of piperazine rings is 1. The molecule has 0 spiro atoms. The van der Waals surface area contributed by atoms with Gasteiger partial charge in [0.1, 0.15) is 0 Å². The van der Waals surface area contributed by atoms with Gasteiger partial charge < -0.3 is 20.4 Å². The molecule has 0 atom stereocenters. The van der Waals surface area contributed by atoms with Crippen LogP contribution in [0, 0.1) is 0 Å². The quantitative estimate of drug-likeness (QED) is 0.297. The number of unbranched alkanes of at least 4 members (excludes halogenated alkanes) is 8. The lowest BCUT2D eigenvalue weighted by atomic mass is 10.1. The Morgan fingerprint density at radius 3 is 1.21 bits per heavy atom. The van der Waals surface area contributed by atoms with Crippen molar-refractivity contribution in [3.63, 3.8) is 0 Å². The second kappa shape index (κ2) is 20.1. The Labute approximate surface area is 177 Å². The van der Waals surface area contributed by atoms with Gasteiger partial charge in [0.2, 0.25) is 0 Å². The fourth-order valence-electron chi connectivity index (χ4n) is 4.05. The number of hydrogen-bond acceptors (Lipinski definition) is 4. The summed E-state index contributed by atoms with van der Waals surface area (Å²) in [6.45, 7) is 17.0. The average Bonchev–Trinajstić information content (AvgIpc) is 2.72. The average molecular weight is 397 g/mol. The highest BCUT2D eigenvalue weighted by Crippen LogP contribution is 2.04. The summed E-state index contributed by atoms with van der Waals surface area (Å²) in [4.78, 5) is 5.32. The van der Waals surface area contributed by atoms with Crippen molar-refractivity contribution in [3.05, 3.63) is 0 Å². The molecule has 0 saturated carbocycles. The van der Waals surface area contributed by atoms with Gasteiger partial charge in [-0.1, -0.05) is 65.2 Å². The van der Waals surface area contributed by atoms with E-state index in [1.807, 2.05) is 0 Å². The number of nitrogens with one attached hydrogen (secondary N) is 2. The van der Waals surface area contributed by atoms with Gasteiger partial charge in [0.05, 0.1) is 0 Å². The fraction of sp³-hybridized carbons (Fsp3) is 1.00. The summed E-state index contributed by atoms with van der Waals surface area (Å²) >= 11 is 0. The van der Waals surface area contributed by atoms with Crippen LogP contribution >= 0.6 is 0 Å². The molecule has 0 aromatic heterocycles. The van der Waals surface area contributed by atoms with Crippen LogP contribution < -0.4 is 10.6 Å². The molecule has 1 aliphatic heterocycles. The molecule has 4 nitrogen and oxygen atoms in total. The molecule has 0 aromatic rings. The predicted molar refractivity (Wildman–Crippen MR) is 125 cm³/mol. The Kier molecular flexibility index (Phi) is 18.6. The molecule has 1 rings (SSSR count). The minimum Gasteiger partial charge on any atom is -0.317 e. The molecule has 1 aliphatic rings. The third kappa shape index (κ3) is 15.7. The minimum absolute atomic E-state index is 1.19. The monoisotopic (exact) mass is 396 g/mol. The lowest BCUT2D eigenvalue weighted by Crippen LogP contribution is -2.47. The van der Waals surface area contributed by atoms with Crippen molar-refractivity contribution in [2.24, 2.45) is 0 Å². The van der Waals surface area contributed by atoms with E-state index < -0.39 is 0 Å². The van der Waals surface area contributed by atoms with Crippen LogP contribution in [0.4, 0.5) is 0 Å². The molecule has 1 heterocycles. The zero-order chi connectivity index (χ0) is 20.1. The van der Waals surface area contributed by atoms with Crippen molar-refractivity contribution in [1.29, 1.82) is 0 Å². The van der Waals surface area contributed by atoms with Gasteiger partial charge in [0.25, 0.3) is 0 Å². The third-order valence-electron chi connectivity index (χ3n) is 6.03. The number of rotatable bonds is 20. The zero-order valence-corrected chi connectivity index (χ0v) is 19.5. The number of nitrogens with zero attached hydrogens (tertiary/aromatic N) is 2. The lowest BCUT2D eigenvalue weighted by Gasteiger charge is -2.34. The first-order chi connectivity index (χ1) is 13.9. The normalized spacial score (nSPS) is 16.1. The first-order valence-electron chi connectivity index (χ1n) is 12.7. The molecular formula is C24H52N4. The van der Waals surface area contributed by atoms with E-state index in [1.165, 1.54) is 142 Å². The Hall–Kier alpha value is -0.160. The molecule has 0 aliphatic carbocycles. The van der Waals surface area contributed by atoms with Crippen molar-refractivity contribution in [2.45, 2.75) is 90.9 Å². The maximum Gasteiger partial charge on any atom is 0.0110 e. The first-order valence-corrected chi connectivity index (χ1v) is 12.7. The van der Waals surface area contributed by atoms with Gasteiger partial charge >= 0.3 is 0 Å². The summed E-state index contributed by atoms with van der Waals surface area (Å²) in [6.07, 6.45) is 16.4. The highest BCUT2D eigenvalue weighted by Gasteiger charge is 2.15. The summed E-state index contributed by atoms with van der Waals surface area (Å²) in [6, 6.07) is 0. The largest absolute Gasteiger partial charge is 0.317 e. The van der Waals surface area contributed by atoms with Gasteiger partial charge in [0.15, 0.2) is 0 Å². The lowest BCUT2D eigenvalue weighted by molar-refractivity contribution is 0.130. The van der Waals surface area contributed by atoms with Crippen LogP contribution in [-0.2, 0) is 0 Å². The molecule has 1 saturated heterocycles. The summed E-state index contributed by atoms with van der Waals surface area (Å²) in [7, 11) is 0. The Balaban J connectivity index is 1.81. The van der Waals surface area contributed by atoms with E-state index in [0.717, 1.165) is 0 Å². The van der Waals surface area contributed by atoms with Crippen LogP contribution in [0.5, 0.6) is 0 Å². The predicted octanol–water partition coefficient (Wildman–Crippen LogP) is 4.50. The maximum atomic E-state index is 3.63. The van der Waals surface area contributed by atoms with E-state index in [2.05, 4.69) is 34.3 Å². The van der Waals surface area contributed by atoms with E-state index in [0.29, 0.717) is 0 Å². The smallest absolute Gasteiger partial charge is 0.0110 e. The van der Waals surface area contributed by atoms with Gasteiger partial charge in [-0.2, -0.15) is 0 Å². The van der Waals surface area contributed by atoms with Crippen molar-refractivity contribution < 1.29 is 0 Å². The van der Waals surface area contributed by atoms with Gasteiger partial charge in [0, 0.05) is 26.2 Å². The standard InChI is InChI=1S/C24H52N4/c1-3-5-7-9-11-15-25-17-13-19-27-21-23-28(24-22-27)20-14-18-26-16-12-10-8-6-4-2/h25-26H,3-24H2,1-2H3. The Bertz CT molecular complexity index is 273. The molecule has 28 heavy (non-hydrogen) atoms. The van der Waals surface area contributed by atoms with E-state index in [1.54, 1.807) is 0 Å². The van der Waals surface area contributed by atoms with E-state index >= 15 is 0 Å². The summed E-state index contributed by atoms with van der Waals surface area (Å²) in [5.41, 5.74) is 0. The van der Waals surface area contributed by atoms with Crippen LogP contribution in [0.2, 0.25) is 0 Å². The first kappa shape index (κ1) is 25.9. The second-order valence-corrected chi connectivity index (χ2v) is 8.72. The Morgan fingerprint density at radius 2 is 0.821 bits per heavy atom. The van der Waals surface area contributed by atoms with Crippen molar-refractivity contribution >= 4 is 0 Å². The number of hydrogen-bond donors (Lipinski definition) is 2. The third-order valence-corrected chi connectivity index (χ3v) is 6.03.